The number of halogens is 2. The molecule has 0 atom stereocenters. The summed E-state index contributed by atoms with van der Waals surface area (Å²) in [4.78, 5) is 9.59. The summed E-state index contributed by atoms with van der Waals surface area (Å²) in [5.41, 5.74) is 0.139. The van der Waals surface area contributed by atoms with E-state index in [2.05, 4.69) is 5.32 Å². The van der Waals surface area contributed by atoms with Crippen LogP contribution in [0.5, 0.6) is 11.5 Å². The van der Waals surface area contributed by atoms with Crippen LogP contribution in [0.25, 0.3) is 0 Å². The molecular weight excluding hydrogens is 270 g/mol. The molecule has 0 saturated carbocycles. The zero-order valence-corrected chi connectivity index (χ0v) is 10.4. The van der Waals surface area contributed by atoms with Crippen LogP contribution in [0.2, 0.25) is 0 Å². The number of nitro benzene ring substituents is 1. The normalized spacial score (nSPS) is 10.2. The first-order chi connectivity index (χ1) is 9.51. The minimum absolute atomic E-state index is 0.218. The van der Waals surface area contributed by atoms with E-state index in [0.29, 0.717) is 12.1 Å². The first kappa shape index (κ1) is 13.7. The van der Waals surface area contributed by atoms with Crippen molar-refractivity contribution in [2.45, 2.75) is 0 Å². The maximum absolute atomic E-state index is 13.6. The van der Waals surface area contributed by atoms with Crippen molar-refractivity contribution in [2.75, 3.05) is 12.4 Å². The lowest BCUT2D eigenvalue weighted by Gasteiger charge is -2.08. The van der Waals surface area contributed by atoms with Gasteiger partial charge in [-0.3, -0.25) is 10.1 Å². The van der Waals surface area contributed by atoms with Gasteiger partial charge in [0.2, 0.25) is 0 Å². The third-order valence-corrected chi connectivity index (χ3v) is 2.56. The van der Waals surface area contributed by atoms with Crippen molar-refractivity contribution in [3.63, 3.8) is 0 Å². The number of non-ortho nitro benzene ring substituents is 1. The number of nitrogens with one attached hydrogen (secondary N) is 1. The summed E-state index contributed by atoms with van der Waals surface area (Å²) in [6.45, 7) is 0. The molecule has 104 valence electrons. The summed E-state index contributed by atoms with van der Waals surface area (Å²) in [7, 11) is 1.73. The van der Waals surface area contributed by atoms with Gasteiger partial charge in [-0.25, -0.2) is 8.78 Å². The van der Waals surface area contributed by atoms with Crippen molar-refractivity contribution in [1.82, 2.24) is 0 Å². The second-order valence-electron chi connectivity index (χ2n) is 3.87. The van der Waals surface area contributed by atoms with E-state index in [9.17, 15) is 18.9 Å². The minimum Gasteiger partial charge on any atom is -0.451 e. The Kier molecular flexibility index (Phi) is 3.79. The second-order valence-corrected chi connectivity index (χ2v) is 3.87. The van der Waals surface area contributed by atoms with E-state index in [-0.39, 0.29) is 5.75 Å². The van der Waals surface area contributed by atoms with Crippen LogP contribution in [-0.4, -0.2) is 12.0 Å². The number of benzene rings is 2. The molecule has 7 heteroatoms. The van der Waals surface area contributed by atoms with Crippen LogP contribution in [0.15, 0.2) is 36.4 Å². The summed E-state index contributed by atoms with van der Waals surface area (Å²) >= 11 is 0. The van der Waals surface area contributed by atoms with Gasteiger partial charge in [-0.15, -0.1) is 0 Å². The third kappa shape index (κ3) is 2.82. The summed E-state index contributed by atoms with van der Waals surface area (Å²) in [6.07, 6.45) is 0. The molecule has 20 heavy (non-hydrogen) atoms. The predicted octanol–water partition coefficient (Wildman–Crippen LogP) is 3.71. The molecule has 2 rings (SSSR count). The third-order valence-electron chi connectivity index (χ3n) is 2.56. The highest BCUT2D eigenvalue weighted by Crippen LogP contribution is 2.31. The van der Waals surface area contributed by atoms with Gasteiger partial charge in [-0.2, -0.15) is 0 Å². The molecule has 0 fully saturated rings. The standard InChI is InChI=1S/C13H10F2N2O3/c1-16-8-2-4-10(5-3-8)20-13-11(14)6-9(17(18)19)7-12(13)15/h2-7,16H,1H3. The van der Waals surface area contributed by atoms with Crippen molar-refractivity contribution < 1.29 is 18.4 Å². The lowest BCUT2D eigenvalue weighted by Crippen LogP contribution is -1.96. The van der Waals surface area contributed by atoms with Crippen molar-refractivity contribution in [1.29, 1.82) is 0 Å². The molecule has 0 aromatic heterocycles. The molecule has 0 saturated heterocycles. The average molecular weight is 280 g/mol. The molecular formula is C13H10F2N2O3. The van der Waals surface area contributed by atoms with Crippen molar-refractivity contribution in [2.24, 2.45) is 0 Å². The van der Waals surface area contributed by atoms with Gasteiger partial charge in [0.25, 0.3) is 5.69 Å². The van der Waals surface area contributed by atoms with E-state index in [0.717, 1.165) is 5.69 Å². The van der Waals surface area contributed by atoms with Gasteiger partial charge in [0.15, 0.2) is 17.4 Å². The van der Waals surface area contributed by atoms with Crippen LogP contribution in [0, 0.1) is 21.7 Å². The van der Waals surface area contributed by atoms with Crippen molar-refractivity contribution >= 4 is 11.4 Å². The van der Waals surface area contributed by atoms with Gasteiger partial charge >= 0.3 is 0 Å². The van der Waals surface area contributed by atoms with Gasteiger partial charge < -0.3 is 10.1 Å². The van der Waals surface area contributed by atoms with Gasteiger partial charge in [0.05, 0.1) is 17.1 Å². The van der Waals surface area contributed by atoms with E-state index in [4.69, 9.17) is 4.74 Å². The molecule has 0 amide bonds. The minimum atomic E-state index is -1.13. The molecule has 0 spiro atoms. The first-order valence-corrected chi connectivity index (χ1v) is 5.60. The molecule has 0 aliphatic heterocycles. The smallest absolute Gasteiger partial charge is 0.275 e. The van der Waals surface area contributed by atoms with Crippen LogP contribution in [0.3, 0.4) is 0 Å². The zero-order valence-electron chi connectivity index (χ0n) is 10.4. The predicted molar refractivity (Wildman–Crippen MR) is 69.1 cm³/mol. The molecule has 0 aliphatic rings. The van der Waals surface area contributed by atoms with Crippen LogP contribution in [0.1, 0.15) is 0 Å². The fourth-order valence-electron chi connectivity index (χ4n) is 1.56. The fourth-order valence-corrected chi connectivity index (χ4v) is 1.56. The van der Waals surface area contributed by atoms with Crippen LogP contribution < -0.4 is 10.1 Å². The summed E-state index contributed by atoms with van der Waals surface area (Å²) < 4.78 is 32.3. The van der Waals surface area contributed by atoms with E-state index in [1.165, 1.54) is 12.1 Å². The molecule has 1 N–H and O–H groups in total. The van der Waals surface area contributed by atoms with Crippen molar-refractivity contribution in [3.05, 3.63) is 58.1 Å². The van der Waals surface area contributed by atoms with Crippen LogP contribution in [-0.2, 0) is 0 Å². The van der Waals surface area contributed by atoms with Gasteiger partial charge in [0.1, 0.15) is 5.75 Å². The van der Waals surface area contributed by atoms with Crippen molar-refractivity contribution in [3.8, 4) is 11.5 Å². The Morgan fingerprint density at radius 3 is 2.15 bits per heavy atom. The Morgan fingerprint density at radius 2 is 1.70 bits per heavy atom. The molecule has 0 bridgehead atoms. The number of rotatable bonds is 4. The second kappa shape index (κ2) is 5.52. The SMILES string of the molecule is CNc1ccc(Oc2c(F)cc([N+](=O)[O-])cc2F)cc1. The number of hydrogen-bond donors (Lipinski definition) is 1. The van der Waals surface area contributed by atoms with Gasteiger partial charge in [0, 0.05) is 12.7 Å². The van der Waals surface area contributed by atoms with Crippen LogP contribution >= 0.6 is 0 Å². The molecule has 0 unspecified atom stereocenters. The Bertz CT molecular complexity index is 622. The number of ether oxygens (including phenoxy) is 1. The molecule has 0 radical (unpaired) electrons. The largest absolute Gasteiger partial charge is 0.451 e. The first-order valence-electron chi connectivity index (χ1n) is 5.60. The Hall–Kier alpha value is -2.70. The number of hydrogen-bond acceptors (Lipinski definition) is 4. The quantitative estimate of drug-likeness (QED) is 0.685. The highest BCUT2D eigenvalue weighted by Gasteiger charge is 2.18. The molecule has 5 nitrogen and oxygen atoms in total. The molecule has 0 aliphatic carbocycles. The number of anilines is 1. The summed E-state index contributed by atoms with van der Waals surface area (Å²) in [6, 6.07) is 7.59. The maximum Gasteiger partial charge on any atom is 0.275 e. The average Bonchev–Trinajstić information content (AvgIpc) is 2.43. The molecule has 2 aromatic rings. The molecule has 0 heterocycles. The lowest BCUT2D eigenvalue weighted by molar-refractivity contribution is -0.385. The van der Waals surface area contributed by atoms with Crippen LogP contribution in [0.4, 0.5) is 20.2 Å². The lowest BCUT2D eigenvalue weighted by atomic mass is 10.2. The zero-order chi connectivity index (χ0) is 14.7. The van der Waals surface area contributed by atoms with Gasteiger partial charge in [-0.1, -0.05) is 0 Å². The number of nitro groups is 1. The van der Waals surface area contributed by atoms with Gasteiger partial charge in [-0.05, 0) is 24.3 Å². The fraction of sp³-hybridized carbons (Fsp3) is 0.0769. The Labute approximate surface area is 113 Å². The van der Waals surface area contributed by atoms with E-state index >= 15 is 0 Å². The summed E-state index contributed by atoms with van der Waals surface area (Å²) in [5.74, 6) is -2.72. The van der Waals surface area contributed by atoms with E-state index in [1.807, 2.05) is 0 Å². The Morgan fingerprint density at radius 1 is 1.15 bits per heavy atom. The monoisotopic (exact) mass is 280 g/mol. The maximum atomic E-state index is 13.6. The van der Waals surface area contributed by atoms with E-state index in [1.54, 1.807) is 19.2 Å². The Balaban J connectivity index is 2.30. The number of nitrogens with zero attached hydrogens (tertiary/aromatic N) is 1. The topological polar surface area (TPSA) is 64.4 Å². The highest BCUT2D eigenvalue weighted by atomic mass is 19.1. The molecule has 2 aromatic carbocycles. The summed E-state index contributed by atoms with van der Waals surface area (Å²) in [5, 5.41) is 13.4. The van der Waals surface area contributed by atoms with E-state index < -0.39 is 28.0 Å². The highest BCUT2D eigenvalue weighted by molar-refractivity contribution is 5.47.